The quantitative estimate of drug-likeness (QED) is 0.200. The molecule has 0 aliphatic carbocycles. The third kappa shape index (κ3) is 3.80. The van der Waals surface area contributed by atoms with Crippen molar-refractivity contribution < 1.29 is 9.81 Å². The first-order chi connectivity index (χ1) is 5.76. The zero-order chi connectivity index (χ0) is 9.40. The second kappa shape index (κ2) is 6.45. The lowest BCUT2D eigenvalue weighted by atomic mass is 10.6. The molecule has 0 rings (SSSR count). The van der Waals surface area contributed by atoms with Gasteiger partial charge in [-0.15, -0.1) is 5.01 Å². The van der Waals surface area contributed by atoms with Gasteiger partial charge in [-0.1, -0.05) is 12.7 Å². The van der Waals surface area contributed by atoms with Crippen LogP contribution in [0.25, 0.3) is 0 Å². The smallest absolute Gasteiger partial charge is 0.233 e. The molecular formula is C7H15N3O2. The Labute approximate surface area is 72.4 Å². The summed E-state index contributed by atoms with van der Waals surface area (Å²) in [5.74, 6) is 0. The highest BCUT2D eigenvalue weighted by molar-refractivity contribution is 4.62. The Bertz CT molecular complexity index is 155. The van der Waals surface area contributed by atoms with Crippen LogP contribution in [0.2, 0.25) is 0 Å². The van der Waals surface area contributed by atoms with Crippen LogP contribution in [0.15, 0.2) is 17.9 Å². The van der Waals surface area contributed by atoms with Gasteiger partial charge in [0.1, 0.15) is 6.61 Å². The van der Waals surface area contributed by atoms with Crippen molar-refractivity contribution >= 4 is 0 Å². The maximum Gasteiger partial charge on any atom is 0.233 e. The van der Waals surface area contributed by atoms with E-state index in [2.05, 4.69) is 16.7 Å². The van der Waals surface area contributed by atoms with Gasteiger partial charge in [-0.2, -0.15) is 0 Å². The normalized spacial score (nSPS) is 11.0. The van der Waals surface area contributed by atoms with Crippen LogP contribution in [0.4, 0.5) is 0 Å². The molecule has 0 aromatic rings. The minimum absolute atomic E-state index is 0.250. The van der Waals surface area contributed by atoms with Crippen LogP contribution in [0.1, 0.15) is 13.8 Å². The SMILES string of the molecule is C=CCO/N=[N+](\[O-])N(CC)CC. The topological polar surface area (TPSA) is 50.9 Å². The summed E-state index contributed by atoms with van der Waals surface area (Å²) < 4.78 is 0. The van der Waals surface area contributed by atoms with Crippen molar-refractivity contribution in [2.75, 3.05) is 19.7 Å². The zero-order valence-corrected chi connectivity index (χ0v) is 7.56. The molecule has 0 atom stereocenters. The van der Waals surface area contributed by atoms with Gasteiger partial charge < -0.3 is 10.0 Å². The fourth-order valence-corrected chi connectivity index (χ4v) is 0.653. The molecule has 5 nitrogen and oxygen atoms in total. The second-order valence-electron chi connectivity index (χ2n) is 2.06. The Morgan fingerprint density at radius 3 is 2.58 bits per heavy atom. The van der Waals surface area contributed by atoms with E-state index in [0.717, 1.165) is 0 Å². The molecule has 0 N–H and O–H groups in total. The summed E-state index contributed by atoms with van der Waals surface area (Å²) in [5.41, 5.74) is 0. The molecule has 0 bridgehead atoms. The molecule has 0 saturated carbocycles. The minimum atomic E-state index is 0.250. The molecule has 0 heterocycles. The number of hydrogen-bond acceptors (Lipinski definition) is 3. The van der Waals surface area contributed by atoms with E-state index in [-0.39, 0.29) is 6.61 Å². The average Bonchev–Trinajstić information content (AvgIpc) is 2.07. The fraction of sp³-hybridized carbons (Fsp3) is 0.714. The van der Waals surface area contributed by atoms with Gasteiger partial charge in [0, 0.05) is 0 Å². The molecule has 70 valence electrons. The molecule has 5 heteroatoms. The number of hydrogen-bond donors (Lipinski definition) is 0. The van der Waals surface area contributed by atoms with Crippen molar-refractivity contribution in [2.45, 2.75) is 13.8 Å². The average molecular weight is 173 g/mol. The predicted molar refractivity (Wildman–Crippen MR) is 45.1 cm³/mol. The molecule has 0 spiro atoms. The molecule has 0 fully saturated rings. The molecule has 0 aliphatic heterocycles. The summed E-state index contributed by atoms with van der Waals surface area (Å²) in [6, 6.07) is 0. The molecule has 0 saturated heterocycles. The van der Waals surface area contributed by atoms with Gasteiger partial charge in [0.2, 0.25) is 5.28 Å². The summed E-state index contributed by atoms with van der Waals surface area (Å²) >= 11 is 0. The molecule has 0 aliphatic rings. The van der Waals surface area contributed by atoms with Crippen LogP contribution >= 0.6 is 0 Å². The summed E-state index contributed by atoms with van der Waals surface area (Å²) in [6.45, 7) is 8.64. The van der Waals surface area contributed by atoms with E-state index in [1.165, 1.54) is 11.1 Å². The van der Waals surface area contributed by atoms with E-state index in [1.54, 1.807) is 0 Å². The van der Waals surface area contributed by atoms with Crippen molar-refractivity contribution in [3.63, 3.8) is 0 Å². The largest absolute Gasteiger partial charge is 0.569 e. The Balaban J connectivity index is 3.86. The highest BCUT2D eigenvalue weighted by atomic mass is 16.7. The summed E-state index contributed by atoms with van der Waals surface area (Å²) in [7, 11) is 0. The third-order valence-electron chi connectivity index (χ3n) is 1.29. The zero-order valence-electron chi connectivity index (χ0n) is 7.56. The first-order valence-corrected chi connectivity index (χ1v) is 3.92. The Morgan fingerprint density at radius 1 is 1.58 bits per heavy atom. The second-order valence-corrected chi connectivity index (χ2v) is 2.06. The van der Waals surface area contributed by atoms with Crippen LogP contribution < -0.4 is 0 Å². The summed E-state index contributed by atoms with van der Waals surface area (Å²) in [4.78, 5) is 5.06. The molecule has 0 aromatic heterocycles. The fourth-order valence-electron chi connectivity index (χ4n) is 0.653. The lowest BCUT2D eigenvalue weighted by molar-refractivity contribution is -0.709. The number of hydrazine groups is 1. The molecule has 12 heavy (non-hydrogen) atoms. The minimum Gasteiger partial charge on any atom is -0.569 e. The van der Waals surface area contributed by atoms with Crippen LogP contribution in [0.3, 0.4) is 0 Å². The van der Waals surface area contributed by atoms with Crippen molar-refractivity contribution in [1.82, 2.24) is 5.01 Å². The number of rotatable bonds is 6. The first-order valence-electron chi connectivity index (χ1n) is 3.92. The van der Waals surface area contributed by atoms with Gasteiger partial charge in [-0.25, -0.2) is 0 Å². The lowest BCUT2D eigenvalue weighted by Crippen LogP contribution is -2.30. The number of nitrogens with zero attached hydrogens (tertiary/aromatic N) is 3. The van der Waals surface area contributed by atoms with Gasteiger partial charge in [0.05, 0.1) is 18.1 Å². The Kier molecular flexibility index (Phi) is 5.77. The van der Waals surface area contributed by atoms with E-state index in [0.29, 0.717) is 18.1 Å². The molecular weight excluding hydrogens is 158 g/mol. The van der Waals surface area contributed by atoms with E-state index < -0.39 is 0 Å². The standard InChI is InChI=1S/C7H15N3O2/c1-4-7-12-8-10(11)9(5-2)6-3/h4H,1,5-7H2,2-3H3/b10-8-. The molecule has 0 aromatic carbocycles. The first kappa shape index (κ1) is 10.7. The van der Waals surface area contributed by atoms with Crippen LogP contribution in [0, 0.1) is 5.21 Å². The van der Waals surface area contributed by atoms with Gasteiger partial charge in [-0.3, -0.25) is 0 Å². The molecule has 0 radical (unpaired) electrons. The van der Waals surface area contributed by atoms with Crippen molar-refractivity contribution in [2.24, 2.45) is 5.28 Å². The van der Waals surface area contributed by atoms with Crippen molar-refractivity contribution in [1.29, 1.82) is 0 Å². The molecule has 0 amide bonds. The van der Waals surface area contributed by atoms with Crippen molar-refractivity contribution in [3.05, 3.63) is 17.9 Å². The highest BCUT2D eigenvalue weighted by Gasteiger charge is 2.05. The highest BCUT2D eigenvalue weighted by Crippen LogP contribution is 1.89. The van der Waals surface area contributed by atoms with Crippen LogP contribution in [-0.4, -0.2) is 29.7 Å². The predicted octanol–water partition coefficient (Wildman–Crippen LogP) is 1.32. The van der Waals surface area contributed by atoms with E-state index in [1.807, 2.05) is 13.8 Å². The summed E-state index contributed by atoms with van der Waals surface area (Å²) in [6.07, 6.45) is 1.53. The van der Waals surface area contributed by atoms with Crippen LogP contribution in [-0.2, 0) is 4.84 Å². The Hall–Kier alpha value is -1.26. The maximum atomic E-state index is 11.0. The van der Waals surface area contributed by atoms with Gasteiger partial charge in [-0.05, 0) is 13.8 Å². The summed E-state index contributed by atoms with van der Waals surface area (Å²) in [5, 5.41) is 15.8. The van der Waals surface area contributed by atoms with E-state index in [9.17, 15) is 5.21 Å². The van der Waals surface area contributed by atoms with Gasteiger partial charge in [0.15, 0.2) is 0 Å². The van der Waals surface area contributed by atoms with Gasteiger partial charge in [0.25, 0.3) is 0 Å². The van der Waals surface area contributed by atoms with Gasteiger partial charge >= 0.3 is 0 Å². The van der Waals surface area contributed by atoms with Crippen molar-refractivity contribution in [3.8, 4) is 0 Å². The third-order valence-corrected chi connectivity index (χ3v) is 1.29. The lowest BCUT2D eigenvalue weighted by Gasteiger charge is -2.12. The Morgan fingerprint density at radius 2 is 2.17 bits per heavy atom. The molecule has 0 unspecified atom stereocenters. The van der Waals surface area contributed by atoms with Crippen LogP contribution in [0.5, 0.6) is 0 Å². The monoisotopic (exact) mass is 173 g/mol. The van der Waals surface area contributed by atoms with E-state index >= 15 is 0 Å². The van der Waals surface area contributed by atoms with E-state index in [4.69, 9.17) is 0 Å². The maximum absolute atomic E-state index is 11.0.